The third-order valence-electron chi connectivity index (χ3n) is 1.17. The van der Waals surface area contributed by atoms with Gasteiger partial charge in [-0.2, -0.15) is 8.78 Å². The van der Waals surface area contributed by atoms with Gasteiger partial charge in [-0.15, -0.1) is 5.12 Å². The van der Waals surface area contributed by atoms with Gasteiger partial charge in [-0.1, -0.05) is 22.7 Å². The van der Waals surface area contributed by atoms with Crippen LogP contribution in [0, 0.1) is 0 Å². The van der Waals surface area contributed by atoms with E-state index >= 15 is 0 Å². The van der Waals surface area contributed by atoms with Gasteiger partial charge >= 0.3 is 6.55 Å². The average Bonchev–Trinajstić information content (AvgIpc) is 2.05. The fourth-order valence-electron chi connectivity index (χ4n) is 0.683. The molecule has 0 aliphatic heterocycles. The van der Waals surface area contributed by atoms with Gasteiger partial charge in [0.1, 0.15) is 0 Å². The number of alkyl halides is 2. The molecule has 4 heteroatoms. The lowest BCUT2D eigenvalue weighted by atomic mass is 10.3. The number of hydrogen-bond donors (Lipinski definition) is 0. The van der Waals surface area contributed by atoms with Crippen LogP contribution < -0.4 is 5.12 Å². The molecule has 0 aliphatic rings. The van der Waals surface area contributed by atoms with Gasteiger partial charge in [0.05, 0.1) is 5.69 Å². The molecule has 0 saturated heterocycles. The van der Waals surface area contributed by atoms with Crippen molar-refractivity contribution in [2.75, 3.05) is 5.12 Å². The lowest BCUT2D eigenvalue weighted by Gasteiger charge is -2.10. The second-order valence-electron chi connectivity index (χ2n) is 1.92. The number of benzene rings is 1. The second-order valence-corrected chi connectivity index (χ2v) is 1.92. The zero-order valence-electron chi connectivity index (χ0n) is 5.55. The van der Waals surface area contributed by atoms with Crippen LogP contribution >= 0.6 is 0 Å². The van der Waals surface area contributed by atoms with Gasteiger partial charge in [0, 0.05) is 0 Å². The molecule has 0 atom stereocenters. The lowest BCUT2D eigenvalue weighted by Crippen LogP contribution is -2.17. The van der Waals surface area contributed by atoms with Crippen LogP contribution in [0.3, 0.4) is 0 Å². The Hall–Kier alpha value is -1.19. The molecule has 0 spiro atoms. The van der Waals surface area contributed by atoms with E-state index in [9.17, 15) is 13.3 Å². The maximum atomic E-state index is 12.3. The maximum absolute atomic E-state index is 12.3. The van der Waals surface area contributed by atoms with Crippen LogP contribution in [-0.4, -0.2) is 6.55 Å². The Balaban J connectivity index is 2.77. The molecule has 1 rings (SSSR count). The molecule has 0 unspecified atom stereocenters. The van der Waals surface area contributed by atoms with E-state index in [0.29, 0.717) is 0 Å². The van der Waals surface area contributed by atoms with E-state index in [1.54, 1.807) is 6.07 Å². The summed E-state index contributed by atoms with van der Waals surface area (Å²) in [6, 6.07) is 7.15. The predicted molar refractivity (Wildman–Crippen MR) is 36.0 cm³/mol. The van der Waals surface area contributed by atoms with Gasteiger partial charge < -0.3 is 0 Å². The van der Waals surface area contributed by atoms with Crippen molar-refractivity contribution < 1.29 is 13.3 Å². The van der Waals surface area contributed by atoms with Crippen LogP contribution in [0.1, 0.15) is 0 Å². The predicted octanol–water partition coefficient (Wildman–Crippen LogP) is 2.60. The molecule has 0 amide bonds. The Morgan fingerprint density at radius 3 is 2.09 bits per heavy atom. The first-order chi connectivity index (χ1) is 5.22. The SMILES string of the molecule is FC(F)N(F)c1ccccc1. The molecule has 1 aromatic carbocycles. The highest BCUT2D eigenvalue weighted by Crippen LogP contribution is 2.17. The number of hydrogen-bond acceptors (Lipinski definition) is 1. The van der Waals surface area contributed by atoms with E-state index in [1.807, 2.05) is 0 Å². The highest BCUT2D eigenvalue weighted by atomic mass is 19.3. The van der Waals surface area contributed by atoms with E-state index in [-0.39, 0.29) is 5.69 Å². The minimum Gasteiger partial charge on any atom is -0.183 e. The summed E-state index contributed by atoms with van der Waals surface area (Å²) < 4.78 is 35.7. The van der Waals surface area contributed by atoms with Crippen molar-refractivity contribution in [1.82, 2.24) is 0 Å². The number of anilines is 1. The first-order valence-electron chi connectivity index (χ1n) is 3.00. The number of para-hydroxylation sites is 1. The van der Waals surface area contributed by atoms with Gasteiger partial charge in [0.2, 0.25) is 0 Å². The summed E-state index contributed by atoms with van der Waals surface area (Å²) in [7, 11) is 0. The molecular weight excluding hydrogens is 155 g/mol. The highest BCUT2D eigenvalue weighted by Gasteiger charge is 2.14. The molecule has 1 aromatic rings. The van der Waals surface area contributed by atoms with Gasteiger partial charge in [0.25, 0.3) is 0 Å². The molecule has 0 N–H and O–H groups in total. The fraction of sp³-hybridized carbons (Fsp3) is 0.143. The summed E-state index contributed by atoms with van der Waals surface area (Å²) in [6.45, 7) is -3.10. The standard InChI is InChI=1S/C7H6F3N/c8-7(9)11(10)6-4-2-1-3-5-6/h1-5,7H. The van der Waals surface area contributed by atoms with E-state index in [4.69, 9.17) is 0 Å². The van der Waals surface area contributed by atoms with Crippen molar-refractivity contribution in [3.63, 3.8) is 0 Å². The van der Waals surface area contributed by atoms with Gasteiger partial charge in [-0.3, -0.25) is 0 Å². The average molecular weight is 161 g/mol. The van der Waals surface area contributed by atoms with Gasteiger partial charge in [-0.25, -0.2) is 0 Å². The Morgan fingerprint density at radius 1 is 1.09 bits per heavy atom. The molecule has 0 heterocycles. The highest BCUT2D eigenvalue weighted by molar-refractivity contribution is 5.42. The summed E-state index contributed by atoms with van der Waals surface area (Å²) in [5.41, 5.74) is -0.137. The summed E-state index contributed by atoms with van der Waals surface area (Å²) in [4.78, 5) is 0. The third-order valence-corrected chi connectivity index (χ3v) is 1.17. The lowest BCUT2D eigenvalue weighted by molar-refractivity contribution is 0.0891. The van der Waals surface area contributed by atoms with Crippen molar-refractivity contribution in [2.24, 2.45) is 0 Å². The Morgan fingerprint density at radius 2 is 1.64 bits per heavy atom. The van der Waals surface area contributed by atoms with Crippen molar-refractivity contribution in [2.45, 2.75) is 6.55 Å². The number of rotatable bonds is 2. The van der Waals surface area contributed by atoms with E-state index in [2.05, 4.69) is 0 Å². The van der Waals surface area contributed by atoms with Crippen molar-refractivity contribution in [3.05, 3.63) is 30.3 Å². The molecule has 1 nitrogen and oxygen atoms in total. The Bertz CT molecular complexity index is 212. The summed E-state index contributed by atoms with van der Waals surface area (Å²) in [5, 5.41) is -0.583. The van der Waals surface area contributed by atoms with Crippen molar-refractivity contribution in [1.29, 1.82) is 0 Å². The normalized spacial score (nSPS) is 10.2. The molecule has 60 valence electrons. The molecule has 11 heavy (non-hydrogen) atoms. The number of nitrogens with zero attached hydrogens (tertiary/aromatic N) is 1. The quantitative estimate of drug-likeness (QED) is 0.476. The first-order valence-corrected chi connectivity index (χ1v) is 3.00. The van der Waals surface area contributed by atoms with E-state index in [0.717, 1.165) is 0 Å². The third kappa shape index (κ3) is 1.86. The molecule has 0 radical (unpaired) electrons. The fourth-order valence-corrected chi connectivity index (χ4v) is 0.683. The monoisotopic (exact) mass is 161 g/mol. The minimum atomic E-state index is -3.10. The number of halogens is 3. The molecule has 0 aromatic heterocycles. The topological polar surface area (TPSA) is 3.24 Å². The second kappa shape index (κ2) is 3.27. The van der Waals surface area contributed by atoms with Gasteiger partial charge in [-0.05, 0) is 12.1 Å². The maximum Gasteiger partial charge on any atom is 0.340 e. The smallest absolute Gasteiger partial charge is 0.183 e. The molecule has 0 bridgehead atoms. The molecule has 0 aliphatic carbocycles. The van der Waals surface area contributed by atoms with Crippen LogP contribution in [0.4, 0.5) is 18.9 Å². The largest absolute Gasteiger partial charge is 0.340 e. The van der Waals surface area contributed by atoms with Crippen molar-refractivity contribution >= 4 is 5.69 Å². The Labute approximate surface area is 62.0 Å². The van der Waals surface area contributed by atoms with Crippen LogP contribution in [0.15, 0.2) is 30.3 Å². The summed E-state index contributed by atoms with van der Waals surface area (Å²) >= 11 is 0. The minimum absolute atomic E-state index is 0.137. The summed E-state index contributed by atoms with van der Waals surface area (Å²) in [6.07, 6.45) is 0. The van der Waals surface area contributed by atoms with Gasteiger partial charge in [0.15, 0.2) is 0 Å². The molecular formula is C7H6F3N. The first kappa shape index (κ1) is 7.91. The van der Waals surface area contributed by atoms with E-state index in [1.165, 1.54) is 24.3 Å². The van der Waals surface area contributed by atoms with Crippen LogP contribution in [0.2, 0.25) is 0 Å². The van der Waals surface area contributed by atoms with Crippen molar-refractivity contribution in [3.8, 4) is 0 Å². The zero-order valence-corrected chi connectivity index (χ0v) is 5.55. The molecule has 0 saturated carbocycles. The van der Waals surface area contributed by atoms with Crippen LogP contribution in [0.5, 0.6) is 0 Å². The summed E-state index contributed by atoms with van der Waals surface area (Å²) in [5.74, 6) is 0. The Kier molecular flexibility index (Phi) is 2.36. The zero-order chi connectivity index (χ0) is 8.27. The van der Waals surface area contributed by atoms with E-state index < -0.39 is 11.7 Å². The van der Waals surface area contributed by atoms with Crippen LogP contribution in [-0.2, 0) is 0 Å². The van der Waals surface area contributed by atoms with Crippen LogP contribution in [0.25, 0.3) is 0 Å². The molecule has 0 fully saturated rings.